The largest absolute Gasteiger partial charge is 0.455 e. The molecule has 1 unspecified atom stereocenters. The van der Waals surface area contributed by atoms with Crippen molar-refractivity contribution in [3.05, 3.63) is 47.5 Å². The first-order valence-corrected chi connectivity index (χ1v) is 9.80. The minimum atomic E-state index is -5.00. The average Bonchev–Trinajstić information content (AvgIpc) is 3.02. The van der Waals surface area contributed by atoms with Crippen LogP contribution in [0.4, 0.5) is 38.4 Å². The summed E-state index contributed by atoms with van der Waals surface area (Å²) in [4.78, 5) is 20.2. The van der Waals surface area contributed by atoms with E-state index in [2.05, 4.69) is 20.6 Å². The highest BCUT2D eigenvalue weighted by Gasteiger charge is 2.45. The van der Waals surface area contributed by atoms with Gasteiger partial charge >= 0.3 is 12.2 Å². The molecule has 2 amide bonds. The molecule has 0 bridgehead atoms. The zero-order valence-electron chi connectivity index (χ0n) is 17.0. The molecule has 4 N–H and O–H groups in total. The molecule has 13 heteroatoms. The lowest BCUT2D eigenvalue weighted by Gasteiger charge is -2.31. The van der Waals surface area contributed by atoms with Crippen LogP contribution >= 0.6 is 0 Å². The molecule has 176 valence electrons. The lowest BCUT2D eigenvalue weighted by atomic mass is 9.90. The lowest BCUT2D eigenvalue weighted by molar-refractivity contribution is -0.158. The fourth-order valence-electron chi connectivity index (χ4n) is 3.49. The highest BCUT2D eigenvalue weighted by atomic mass is 19.4. The number of benzene rings is 1. The van der Waals surface area contributed by atoms with E-state index >= 15 is 0 Å². The van der Waals surface area contributed by atoms with Crippen molar-refractivity contribution in [3.63, 3.8) is 0 Å². The van der Waals surface area contributed by atoms with Gasteiger partial charge in [0.25, 0.3) is 0 Å². The Morgan fingerprint density at radius 3 is 2.48 bits per heavy atom. The van der Waals surface area contributed by atoms with Gasteiger partial charge in [-0.25, -0.2) is 23.5 Å². The normalized spacial score (nSPS) is 19.1. The highest BCUT2D eigenvalue weighted by molar-refractivity contribution is 5.89. The number of aliphatic hydroxyl groups is 1. The zero-order valence-corrected chi connectivity index (χ0v) is 17.0. The van der Waals surface area contributed by atoms with E-state index in [1.165, 1.54) is 19.3 Å². The summed E-state index contributed by atoms with van der Waals surface area (Å²) < 4.78 is 73.6. The van der Waals surface area contributed by atoms with Crippen LogP contribution < -0.4 is 16.0 Å². The summed E-state index contributed by atoms with van der Waals surface area (Å²) in [5.74, 6) is -2.67. The highest BCUT2D eigenvalue weighted by Crippen LogP contribution is 2.39. The first-order chi connectivity index (χ1) is 15.5. The fraction of sp³-hybridized carbons (Fsp3) is 0.350. The number of amides is 2. The number of carbonyl (C=O) groups excluding carboxylic acids is 1. The monoisotopic (exact) mass is 471 g/mol. The minimum Gasteiger partial charge on any atom is -0.455 e. The quantitative estimate of drug-likeness (QED) is 0.416. The Morgan fingerprint density at radius 1 is 1.21 bits per heavy atom. The summed E-state index contributed by atoms with van der Waals surface area (Å²) in [6, 6.07) is -2.51. The van der Waals surface area contributed by atoms with Gasteiger partial charge in [0, 0.05) is 23.1 Å². The smallest absolute Gasteiger partial charge is 0.416 e. The number of furan rings is 1. The molecule has 1 fully saturated rings. The number of hydrogen-bond donors (Lipinski definition) is 4. The van der Waals surface area contributed by atoms with Crippen molar-refractivity contribution in [1.29, 1.82) is 0 Å². The molecule has 0 saturated heterocycles. The van der Waals surface area contributed by atoms with Crippen molar-refractivity contribution in [3.8, 4) is 0 Å². The van der Waals surface area contributed by atoms with Crippen LogP contribution in [0.1, 0.15) is 30.2 Å². The third kappa shape index (κ3) is 4.82. The Bertz CT molecular complexity index is 1180. The van der Waals surface area contributed by atoms with Gasteiger partial charge < -0.3 is 25.5 Å². The first-order valence-electron chi connectivity index (χ1n) is 9.80. The van der Waals surface area contributed by atoms with Crippen molar-refractivity contribution in [1.82, 2.24) is 15.3 Å². The number of nitrogens with one attached hydrogen (secondary N) is 3. The van der Waals surface area contributed by atoms with Crippen molar-refractivity contribution >= 4 is 28.6 Å². The summed E-state index contributed by atoms with van der Waals surface area (Å²) in [5, 5.41) is 16.0. The predicted octanol–water partition coefficient (Wildman–Crippen LogP) is 4.17. The molecule has 1 aliphatic rings. The number of aryl methyl sites for hydroxylation is 1. The number of rotatable bonds is 5. The van der Waals surface area contributed by atoms with E-state index in [-0.39, 0.29) is 34.7 Å². The maximum absolute atomic E-state index is 14.0. The predicted molar refractivity (Wildman–Crippen MR) is 107 cm³/mol. The number of hydrogen-bond acceptors (Lipinski definition) is 6. The van der Waals surface area contributed by atoms with Crippen LogP contribution in [-0.2, 0) is 0 Å². The van der Waals surface area contributed by atoms with E-state index in [1.807, 2.05) is 0 Å². The topological polar surface area (TPSA) is 112 Å². The molecule has 2 aromatic heterocycles. The number of aromatic nitrogens is 2. The van der Waals surface area contributed by atoms with Gasteiger partial charge in [-0.15, -0.1) is 0 Å². The molecule has 33 heavy (non-hydrogen) atoms. The fourth-order valence-corrected chi connectivity index (χ4v) is 3.49. The van der Waals surface area contributed by atoms with Gasteiger partial charge in [0.1, 0.15) is 11.6 Å². The molecule has 0 aliphatic heterocycles. The second-order valence-corrected chi connectivity index (χ2v) is 7.69. The summed E-state index contributed by atoms with van der Waals surface area (Å²) in [7, 11) is 0. The van der Waals surface area contributed by atoms with E-state index in [0.29, 0.717) is 18.9 Å². The summed E-state index contributed by atoms with van der Waals surface area (Å²) in [6.45, 7) is 1.21. The van der Waals surface area contributed by atoms with E-state index in [0.717, 1.165) is 6.07 Å². The number of urea groups is 1. The summed E-state index contributed by atoms with van der Waals surface area (Å²) >= 11 is 0. The SMILES string of the molecule is Cc1c(C(NC(=O)Nc2cnc(N[C@H]3C[C@H](O)C3)nc2)C(F)(F)F)oc2c(F)cc(F)cc12. The third-order valence-electron chi connectivity index (χ3n) is 5.22. The van der Waals surface area contributed by atoms with Crippen molar-refractivity contribution in [2.24, 2.45) is 0 Å². The maximum Gasteiger partial charge on any atom is 0.416 e. The summed E-state index contributed by atoms with van der Waals surface area (Å²) in [6.07, 6.45) is -1.90. The van der Waals surface area contributed by atoms with Crippen LogP contribution in [-0.4, -0.2) is 39.4 Å². The van der Waals surface area contributed by atoms with Crippen molar-refractivity contribution in [2.45, 2.75) is 44.1 Å². The summed E-state index contributed by atoms with van der Waals surface area (Å²) in [5.41, 5.74) is -0.691. The Labute approximate surface area is 183 Å². The lowest BCUT2D eigenvalue weighted by Crippen LogP contribution is -2.40. The molecule has 1 saturated carbocycles. The average molecular weight is 471 g/mol. The Hall–Kier alpha value is -3.48. The molecule has 1 aromatic carbocycles. The molecule has 0 radical (unpaired) electrons. The van der Waals surface area contributed by atoms with Crippen LogP contribution in [0.5, 0.6) is 0 Å². The first kappa shape index (κ1) is 22.7. The molecular formula is C20H18F5N5O3. The van der Waals surface area contributed by atoms with Gasteiger partial charge in [-0.05, 0) is 25.8 Å². The van der Waals surface area contributed by atoms with Crippen LogP contribution in [0, 0.1) is 18.6 Å². The Balaban J connectivity index is 1.49. The van der Waals surface area contributed by atoms with Crippen LogP contribution in [0.25, 0.3) is 11.0 Å². The van der Waals surface area contributed by atoms with Gasteiger partial charge in [-0.2, -0.15) is 13.2 Å². The molecule has 2 heterocycles. The molecule has 1 atom stereocenters. The van der Waals surface area contributed by atoms with Crippen LogP contribution in [0.2, 0.25) is 0 Å². The molecule has 8 nitrogen and oxygen atoms in total. The van der Waals surface area contributed by atoms with Gasteiger partial charge in [0.15, 0.2) is 17.4 Å². The van der Waals surface area contributed by atoms with Gasteiger partial charge in [-0.3, -0.25) is 0 Å². The number of aliphatic hydroxyl groups excluding tert-OH is 1. The number of carbonyl (C=O) groups is 1. The second kappa shape index (κ2) is 8.46. The van der Waals surface area contributed by atoms with Gasteiger partial charge in [-0.1, -0.05) is 0 Å². The second-order valence-electron chi connectivity index (χ2n) is 7.69. The molecule has 0 spiro atoms. The van der Waals surface area contributed by atoms with E-state index in [1.54, 1.807) is 5.32 Å². The number of alkyl halides is 3. The van der Waals surface area contributed by atoms with E-state index in [4.69, 9.17) is 4.42 Å². The van der Waals surface area contributed by atoms with Crippen LogP contribution in [0.15, 0.2) is 28.9 Å². The number of anilines is 2. The van der Waals surface area contributed by atoms with Gasteiger partial charge in [0.05, 0.1) is 24.2 Å². The maximum atomic E-state index is 14.0. The number of nitrogens with zero attached hydrogens (tertiary/aromatic N) is 2. The number of halogens is 5. The van der Waals surface area contributed by atoms with Crippen molar-refractivity contribution in [2.75, 3.05) is 10.6 Å². The van der Waals surface area contributed by atoms with E-state index in [9.17, 15) is 31.9 Å². The third-order valence-corrected chi connectivity index (χ3v) is 5.22. The molecule has 3 aromatic rings. The zero-order chi connectivity index (χ0) is 23.9. The molecular weight excluding hydrogens is 453 g/mol. The van der Waals surface area contributed by atoms with E-state index < -0.39 is 41.2 Å². The minimum absolute atomic E-state index is 0.0139. The van der Waals surface area contributed by atoms with Gasteiger partial charge in [0.2, 0.25) is 5.95 Å². The van der Waals surface area contributed by atoms with Crippen molar-refractivity contribution < 1.29 is 36.3 Å². The standard InChI is InChI=1S/C20H18F5N5O3/c1-8-13-2-9(21)3-14(22)16(13)33-15(8)17(20(23,24)25)30-19(32)29-11-6-26-18(27-7-11)28-10-4-12(31)5-10/h2-3,6-7,10,12,17,31H,4-5H2,1H3,(H,26,27,28)(H2,29,30,32)/t10-,12-,17?. The number of fused-ring (bicyclic) bond motifs is 1. The molecule has 1 aliphatic carbocycles. The Morgan fingerprint density at radius 2 is 1.88 bits per heavy atom. The van der Waals surface area contributed by atoms with Crippen LogP contribution in [0.3, 0.4) is 0 Å². The Kier molecular flexibility index (Phi) is 5.82. The molecule has 4 rings (SSSR count).